The van der Waals surface area contributed by atoms with E-state index >= 15 is 0 Å². The number of hydrogen-bond acceptors (Lipinski definition) is 11. The average Bonchev–Trinajstić information content (AvgIpc) is 3.44. The summed E-state index contributed by atoms with van der Waals surface area (Å²) in [4.78, 5) is 51.2. The van der Waals surface area contributed by atoms with Crippen molar-refractivity contribution < 1.29 is 58.2 Å². The molecule has 0 aromatic heterocycles. The van der Waals surface area contributed by atoms with Gasteiger partial charge < -0.3 is 39.0 Å². The van der Waals surface area contributed by atoms with E-state index in [1.807, 2.05) is 12.2 Å². The summed E-state index contributed by atoms with van der Waals surface area (Å²) in [5.41, 5.74) is 0. The summed E-state index contributed by atoms with van der Waals surface area (Å²) in [6.45, 7) is 5.79. The number of rotatable bonds is 52. The third kappa shape index (κ3) is 44.0. The van der Waals surface area contributed by atoms with E-state index in [2.05, 4.69) is 106 Å². The van der Waals surface area contributed by atoms with E-state index in [4.69, 9.17) is 23.7 Å². The van der Waals surface area contributed by atoms with Crippen LogP contribution in [-0.4, -0.2) is 89.2 Å². The van der Waals surface area contributed by atoms with Crippen molar-refractivity contribution in [3.63, 3.8) is 0 Å². The molecule has 0 amide bonds. The van der Waals surface area contributed by atoms with Crippen LogP contribution in [0.15, 0.2) is 97.2 Å². The second kappa shape index (κ2) is 54.2. The average molecular weight is 1110 g/mol. The number of aliphatic hydroxyl groups is 2. The van der Waals surface area contributed by atoms with Crippen LogP contribution in [0.3, 0.4) is 0 Å². The van der Waals surface area contributed by atoms with Crippen LogP contribution in [0.5, 0.6) is 0 Å². The van der Waals surface area contributed by atoms with E-state index < -0.39 is 67.3 Å². The topological polar surface area (TPSA) is 175 Å². The van der Waals surface area contributed by atoms with Crippen LogP contribution in [0.2, 0.25) is 0 Å². The minimum atomic E-state index is -1.92. The Kier molecular flexibility index (Phi) is 49.9. The Hall–Kier alpha value is -4.36. The van der Waals surface area contributed by atoms with Crippen LogP contribution in [0.1, 0.15) is 252 Å². The van der Waals surface area contributed by atoms with Gasteiger partial charge in [-0.05, 0) is 89.9 Å². The van der Waals surface area contributed by atoms with Crippen molar-refractivity contribution in [2.45, 2.75) is 289 Å². The van der Waals surface area contributed by atoms with Crippen molar-refractivity contribution in [3.05, 3.63) is 97.2 Å². The number of carboxylic acids is 1. The second-order valence-corrected chi connectivity index (χ2v) is 21.0. The Bertz CT molecular complexity index is 1740. The Labute approximate surface area is 479 Å². The molecule has 12 nitrogen and oxygen atoms in total. The monoisotopic (exact) mass is 1110 g/mol. The lowest BCUT2D eigenvalue weighted by Gasteiger charge is -2.40. The van der Waals surface area contributed by atoms with Crippen molar-refractivity contribution in [3.8, 4) is 0 Å². The fourth-order valence-corrected chi connectivity index (χ4v) is 8.89. The van der Waals surface area contributed by atoms with Gasteiger partial charge in [0, 0.05) is 19.3 Å². The van der Waals surface area contributed by atoms with Crippen LogP contribution in [0.25, 0.3) is 0 Å². The van der Waals surface area contributed by atoms with Crippen LogP contribution >= 0.6 is 0 Å². The maximum atomic E-state index is 13.2. The van der Waals surface area contributed by atoms with Crippen molar-refractivity contribution in [2.75, 3.05) is 13.2 Å². The zero-order valence-electron chi connectivity index (χ0n) is 49.6. The zero-order valence-corrected chi connectivity index (χ0v) is 49.6. The van der Waals surface area contributed by atoms with Crippen molar-refractivity contribution in [1.29, 1.82) is 0 Å². The summed E-state index contributed by atoms with van der Waals surface area (Å²) in [6.07, 6.45) is 59.5. The van der Waals surface area contributed by atoms with Gasteiger partial charge in [0.2, 0.25) is 0 Å². The Morgan fingerprint density at radius 2 is 0.823 bits per heavy atom. The molecule has 0 spiro atoms. The molecule has 1 rings (SSSR count). The van der Waals surface area contributed by atoms with Crippen molar-refractivity contribution in [2.24, 2.45) is 0 Å². The number of unbranched alkanes of at least 4 members (excludes halogenated alkanes) is 22. The lowest BCUT2D eigenvalue weighted by Crippen LogP contribution is -2.61. The first kappa shape index (κ1) is 72.7. The number of ether oxygens (including phenoxy) is 5. The van der Waals surface area contributed by atoms with Crippen LogP contribution < -0.4 is 0 Å². The smallest absolute Gasteiger partial charge is 0.335 e. The lowest BCUT2D eigenvalue weighted by molar-refractivity contribution is -0.301. The van der Waals surface area contributed by atoms with E-state index in [1.54, 1.807) is 0 Å². The fourth-order valence-electron chi connectivity index (χ4n) is 8.89. The highest BCUT2D eigenvalue weighted by Gasteiger charge is 2.50. The number of carbonyl (C=O) groups excluding carboxylic acids is 3. The summed E-state index contributed by atoms with van der Waals surface area (Å²) in [5, 5.41) is 31.5. The molecule has 450 valence electrons. The summed E-state index contributed by atoms with van der Waals surface area (Å²) in [6, 6.07) is 0. The molecule has 1 heterocycles. The Morgan fingerprint density at radius 1 is 0.430 bits per heavy atom. The molecule has 0 aromatic rings. The molecule has 1 saturated heterocycles. The molecule has 79 heavy (non-hydrogen) atoms. The first-order valence-corrected chi connectivity index (χ1v) is 31.2. The van der Waals surface area contributed by atoms with E-state index in [0.717, 1.165) is 122 Å². The number of aliphatic carboxylic acids is 1. The Balaban J connectivity index is 2.73. The molecule has 0 saturated carbocycles. The molecular formula is C67H110O12. The molecule has 0 bridgehead atoms. The third-order valence-electron chi connectivity index (χ3n) is 13.7. The first-order chi connectivity index (χ1) is 38.6. The van der Waals surface area contributed by atoms with Gasteiger partial charge >= 0.3 is 23.9 Å². The second-order valence-electron chi connectivity index (χ2n) is 21.0. The highest BCUT2D eigenvalue weighted by Crippen LogP contribution is 2.26. The molecule has 1 aliphatic rings. The maximum absolute atomic E-state index is 13.2. The third-order valence-corrected chi connectivity index (χ3v) is 13.7. The normalized spacial score (nSPS) is 18.5. The molecule has 3 N–H and O–H groups in total. The molecular weight excluding hydrogens is 997 g/mol. The standard InChI is InChI=1S/C67H110O12/c1-4-7-10-13-16-19-22-25-27-29-30-32-33-36-38-41-44-47-50-53-59(68)75-56-58(77-60(69)54-51-48-45-42-40-37-34-31-28-26-23-20-17-14-11-8-5-2)57-76-67-65(63(72)62(71)64(79-67)66(73)74)78-61(70)55-52-49-46-43-39-35-24-21-18-15-12-9-6-3/h7,10,16-17,19-20,25-28,30,32,36,38,44,47,58,62-65,67,71-72H,4-6,8-9,11-15,18,21-24,29,31,33-35,37,39-43,45-46,48-57H2,1-3H3,(H,73,74)/b10-7-,19-16-,20-17-,27-25-,28-26-,32-30-,38-36-,47-44-. The molecule has 6 unspecified atom stereocenters. The lowest BCUT2D eigenvalue weighted by atomic mass is 9.98. The van der Waals surface area contributed by atoms with Crippen LogP contribution in [-0.2, 0) is 42.9 Å². The molecule has 12 heteroatoms. The number of esters is 3. The highest BCUT2D eigenvalue weighted by atomic mass is 16.7. The largest absolute Gasteiger partial charge is 0.479 e. The van der Waals surface area contributed by atoms with Crippen molar-refractivity contribution in [1.82, 2.24) is 0 Å². The predicted octanol–water partition coefficient (Wildman–Crippen LogP) is 16.5. The van der Waals surface area contributed by atoms with Gasteiger partial charge in [-0.2, -0.15) is 0 Å². The number of hydrogen-bond donors (Lipinski definition) is 3. The molecule has 0 aromatic carbocycles. The number of aliphatic hydroxyl groups excluding tert-OH is 2. The van der Waals surface area contributed by atoms with E-state index in [-0.39, 0.29) is 25.9 Å². The van der Waals surface area contributed by atoms with Gasteiger partial charge in [-0.25, -0.2) is 4.79 Å². The minimum absolute atomic E-state index is 0.0517. The summed E-state index contributed by atoms with van der Waals surface area (Å²) in [5.74, 6) is -3.24. The SMILES string of the molecule is CC/C=C\C/C=C\C/C=C\C/C=C\C/C=C\C/C=C\CCC(=O)OCC(COC1OC(C(=O)O)C(O)C(O)C1OC(=O)CCCCCCCCCCCCCCC)OC(=O)CCCCCCCCC/C=C\C/C=C\CCCCC. The molecule has 0 aliphatic carbocycles. The van der Waals surface area contributed by atoms with Gasteiger partial charge in [-0.1, -0.05) is 240 Å². The maximum Gasteiger partial charge on any atom is 0.335 e. The highest BCUT2D eigenvalue weighted by molar-refractivity contribution is 5.74. The quantitative estimate of drug-likeness (QED) is 0.0228. The predicted molar refractivity (Wildman–Crippen MR) is 321 cm³/mol. The van der Waals surface area contributed by atoms with Crippen LogP contribution in [0, 0.1) is 0 Å². The molecule has 0 radical (unpaired) electrons. The Morgan fingerprint density at radius 3 is 1.29 bits per heavy atom. The van der Waals surface area contributed by atoms with Gasteiger partial charge in [-0.15, -0.1) is 0 Å². The van der Waals surface area contributed by atoms with Gasteiger partial charge in [0.25, 0.3) is 0 Å². The molecule has 6 atom stereocenters. The van der Waals surface area contributed by atoms with E-state index in [0.29, 0.717) is 19.3 Å². The summed E-state index contributed by atoms with van der Waals surface area (Å²) < 4.78 is 28.4. The summed E-state index contributed by atoms with van der Waals surface area (Å²) >= 11 is 0. The number of carboxylic acid groups (broad SMARTS) is 1. The van der Waals surface area contributed by atoms with E-state index in [1.165, 1.54) is 70.6 Å². The van der Waals surface area contributed by atoms with Gasteiger partial charge in [-0.3, -0.25) is 14.4 Å². The van der Waals surface area contributed by atoms with Crippen LogP contribution in [0.4, 0.5) is 0 Å². The number of carbonyl (C=O) groups is 4. The molecule has 1 aliphatic heterocycles. The minimum Gasteiger partial charge on any atom is -0.479 e. The number of allylic oxidation sites excluding steroid dienone is 16. The van der Waals surface area contributed by atoms with Gasteiger partial charge in [0.15, 0.2) is 24.6 Å². The van der Waals surface area contributed by atoms with Gasteiger partial charge in [0.05, 0.1) is 6.61 Å². The first-order valence-electron chi connectivity index (χ1n) is 31.2. The van der Waals surface area contributed by atoms with Crippen molar-refractivity contribution >= 4 is 23.9 Å². The summed E-state index contributed by atoms with van der Waals surface area (Å²) in [7, 11) is 0. The zero-order chi connectivity index (χ0) is 57.5. The fraction of sp³-hybridized carbons (Fsp3) is 0.701. The molecule has 1 fully saturated rings. The van der Waals surface area contributed by atoms with E-state index in [9.17, 15) is 34.5 Å². The van der Waals surface area contributed by atoms with Gasteiger partial charge in [0.1, 0.15) is 18.8 Å².